The van der Waals surface area contributed by atoms with Gasteiger partial charge in [0.15, 0.2) is 17.4 Å². The fraction of sp³-hybridized carbons (Fsp3) is 0.143. The van der Waals surface area contributed by atoms with Gasteiger partial charge < -0.3 is 4.74 Å². The van der Waals surface area contributed by atoms with Gasteiger partial charge in [-0.25, -0.2) is 8.78 Å². The lowest BCUT2D eigenvalue weighted by Gasteiger charge is -2.11. The highest BCUT2D eigenvalue weighted by atomic mass is 79.9. The van der Waals surface area contributed by atoms with Crippen molar-refractivity contribution < 1.29 is 13.5 Å². The number of hydrogen-bond donors (Lipinski definition) is 0. The zero-order valence-corrected chi connectivity index (χ0v) is 12.4. The fourth-order valence-corrected chi connectivity index (χ4v) is 2.08. The van der Waals surface area contributed by atoms with Crippen LogP contribution < -0.4 is 4.74 Å². The summed E-state index contributed by atoms with van der Waals surface area (Å²) < 4.78 is 33.7. The number of hydrogen-bond acceptors (Lipinski definition) is 1. The molecule has 0 fully saturated rings. The van der Waals surface area contributed by atoms with E-state index in [1.54, 1.807) is 19.1 Å². The SMILES string of the molecule is Cc1ccc(Br)cc1Oc1c(F)cc(CCl)cc1F. The van der Waals surface area contributed by atoms with E-state index in [-0.39, 0.29) is 5.88 Å². The second-order valence-electron chi connectivity index (χ2n) is 4.03. The quantitative estimate of drug-likeness (QED) is 0.660. The molecule has 0 aliphatic carbocycles. The minimum Gasteiger partial charge on any atom is -0.451 e. The van der Waals surface area contributed by atoms with Gasteiger partial charge in [-0.05, 0) is 42.3 Å². The normalized spacial score (nSPS) is 10.6. The van der Waals surface area contributed by atoms with E-state index in [0.29, 0.717) is 11.3 Å². The van der Waals surface area contributed by atoms with Gasteiger partial charge in [-0.15, -0.1) is 11.6 Å². The second kappa shape index (κ2) is 5.88. The third-order valence-corrected chi connectivity index (χ3v) is 3.38. The summed E-state index contributed by atoms with van der Waals surface area (Å²) in [6.45, 7) is 1.80. The molecule has 0 bridgehead atoms. The highest BCUT2D eigenvalue weighted by Crippen LogP contribution is 2.32. The van der Waals surface area contributed by atoms with Crippen molar-refractivity contribution in [2.24, 2.45) is 0 Å². The molecule has 0 saturated heterocycles. The summed E-state index contributed by atoms with van der Waals surface area (Å²) >= 11 is 8.83. The molecule has 2 rings (SSSR count). The van der Waals surface area contributed by atoms with Crippen molar-refractivity contribution in [1.82, 2.24) is 0 Å². The molecular weight excluding hydrogens is 338 g/mol. The molecule has 0 spiro atoms. The number of benzene rings is 2. The molecule has 0 N–H and O–H groups in total. The molecule has 2 aromatic carbocycles. The molecule has 0 radical (unpaired) electrons. The molecule has 1 nitrogen and oxygen atoms in total. The smallest absolute Gasteiger partial charge is 0.198 e. The summed E-state index contributed by atoms with van der Waals surface area (Å²) in [4.78, 5) is 0. The maximum absolute atomic E-state index is 13.8. The van der Waals surface area contributed by atoms with Crippen LogP contribution in [0.25, 0.3) is 0 Å². The Morgan fingerprint density at radius 1 is 1.16 bits per heavy atom. The van der Waals surface area contributed by atoms with Crippen molar-refractivity contribution in [2.45, 2.75) is 12.8 Å². The van der Waals surface area contributed by atoms with E-state index in [1.165, 1.54) is 12.1 Å². The minimum absolute atomic E-state index is 0.0457. The number of alkyl halides is 1. The molecular formula is C14H10BrClF2O. The van der Waals surface area contributed by atoms with Crippen LogP contribution in [0.5, 0.6) is 11.5 Å². The van der Waals surface area contributed by atoms with Crippen molar-refractivity contribution >= 4 is 27.5 Å². The van der Waals surface area contributed by atoms with Crippen LogP contribution in [-0.2, 0) is 5.88 Å². The summed E-state index contributed by atoms with van der Waals surface area (Å²) in [6, 6.07) is 7.61. The lowest BCUT2D eigenvalue weighted by molar-refractivity contribution is 0.404. The van der Waals surface area contributed by atoms with Crippen LogP contribution in [0.4, 0.5) is 8.78 Å². The van der Waals surface area contributed by atoms with Crippen LogP contribution in [0.15, 0.2) is 34.8 Å². The highest BCUT2D eigenvalue weighted by molar-refractivity contribution is 9.10. The zero-order valence-electron chi connectivity index (χ0n) is 10.0. The molecule has 0 aliphatic heterocycles. The fourth-order valence-electron chi connectivity index (χ4n) is 1.58. The molecule has 0 amide bonds. The van der Waals surface area contributed by atoms with Crippen LogP contribution >= 0.6 is 27.5 Å². The lowest BCUT2D eigenvalue weighted by atomic mass is 10.2. The molecule has 100 valence electrons. The first-order chi connectivity index (χ1) is 9.01. The summed E-state index contributed by atoms with van der Waals surface area (Å²) in [5.41, 5.74) is 1.15. The summed E-state index contributed by atoms with van der Waals surface area (Å²) in [5.74, 6) is -1.52. The highest BCUT2D eigenvalue weighted by Gasteiger charge is 2.14. The van der Waals surface area contributed by atoms with E-state index >= 15 is 0 Å². The molecule has 19 heavy (non-hydrogen) atoms. The van der Waals surface area contributed by atoms with Crippen LogP contribution in [-0.4, -0.2) is 0 Å². The summed E-state index contributed by atoms with van der Waals surface area (Å²) in [7, 11) is 0. The van der Waals surface area contributed by atoms with Gasteiger partial charge in [-0.2, -0.15) is 0 Å². The number of ether oxygens (including phenoxy) is 1. The lowest BCUT2D eigenvalue weighted by Crippen LogP contribution is -1.96. The van der Waals surface area contributed by atoms with Gasteiger partial charge >= 0.3 is 0 Å². The Morgan fingerprint density at radius 3 is 2.37 bits per heavy atom. The molecule has 0 unspecified atom stereocenters. The first kappa shape index (κ1) is 14.3. The maximum atomic E-state index is 13.8. The predicted octanol–water partition coefficient (Wildman–Crippen LogP) is 5.57. The Bertz CT molecular complexity index is 593. The van der Waals surface area contributed by atoms with E-state index in [4.69, 9.17) is 16.3 Å². The predicted molar refractivity (Wildman–Crippen MR) is 74.9 cm³/mol. The topological polar surface area (TPSA) is 9.23 Å². The first-order valence-electron chi connectivity index (χ1n) is 5.49. The monoisotopic (exact) mass is 346 g/mol. The standard InChI is InChI=1S/C14H10BrClF2O/c1-8-2-3-10(15)6-13(8)19-14-11(17)4-9(7-16)5-12(14)18/h2-6H,7H2,1H3. The van der Waals surface area contributed by atoms with Gasteiger partial charge in [-0.3, -0.25) is 0 Å². The van der Waals surface area contributed by atoms with Crippen LogP contribution in [0.1, 0.15) is 11.1 Å². The van der Waals surface area contributed by atoms with Crippen LogP contribution in [0.2, 0.25) is 0 Å². The summed E-state index contributed by atoms with van der Waals surface area (Å²) in [5, 5.41) is 0. The van der Waals surface area contributed by atoms with E-state index < -0.39 is 17.4 Å². The van der Waals surface area contributed by atoms with Gasteiger partial charge in [0.25, 0.3) is 0 Å². The molecule has 0 aliphatic rings. The molecule has 0 atom stereocenters. The zero-order chi connectivity index (χ0) is 14.0. The van der Waals surface area contributed by atoms with Crippen molar-refractivity contribution in [1.29, 1.82) is 0 Å². The van der Waals surface area contributed by atoms with Crippen molar-refractivity contribution in [3.8, 4) is 11.5 Å². The Hall–Kier alpha value is -1.13. The molecule has 0 saturated carbocycles. The van der Waals surface area contributed by atoms with Gasteiger partial charge in [0.2, 0.25) is 0 Å². The largest absolute Gasteiger partial charge is 0.451 e. The molecule has 5 heteroatoms. The molecule has 2 aromatic rings. The Labute approximate surface area is 123 Å². The van der Waals surface area contributed by atoms with Crippen molar-refractivity contribution in [2.75, 3.05) is 0 Å². The number of halogens is 4. The van der Waals surface area contributed by atoms with Gasteiger partial charge in [-0.1, -0.05) is 22.0 Å². The van der Waals surface area contributed by atoms with E-state index in [2.05, 4.69) is 15.9 Å². The van der Waals surface area contributed by atoms with E-state index in [0.717, 1.165) is 10.0 Å². The Kier molecular flexibility index (Phi) is 4.42. The second-order valence-corrected chi connectivity index (χ2v) is 5.22. The van der Waals surface area contributed by atoms with E-state index in [9.17, 15) is 8.78 Å². The first-order valence-corrected chi connectivity index (χ1v) is 6.82. The van der Waals surface area contributed by atoms with Crippen LogP contribution in [0, 0.1) is 18.6 Å². The van der Waals surface area contributed by atoms with Gasteiger partial charge in [0.1, 0.15) is 5.75 Å². The van der Waals surface area contributed by atoms with Crippen molar-refractivity contribution in [3.05, 3.63) is 57.6 Å². The Morgan fingerprint density at radius 2 is 1.79 bits per heavy atom. The Balaban J connectivity index is 2.41. The third kappa shape index (κ3) is 3.25. The van der Waals surface area contributed by atoms with Gasteiger partial charge in [0.05, 0.1) is 0 Å². The minimum atomic E-state index is -0.768. The van der Waals surface area contributed by atoms with Crippen molar-refractivity contribution in [3.63, 3.8) is 0 Å². The summed E-state index contributed by atoms with van der Waals surface area (Å²) in [6.07, 6.45) is 0. The average Bonchev–Trinajstić information content (AvgIpc) is 2.37. The third-order valence-electron chi connectivity index (χ3n) is 2.57. The van der Waals surface area contributed by atoms with E-state index in [1.807, 2.05) is 6.07 Å². The molecule has 0 heterocycles. The van der Waals surface area contributed by atoms with Gasteiger partial charge in [0, 0.05) is 10.4 Å². The maximum Gasteiger partial charge on any atom is 0.198 e. The molecule has 0 aromatic heterocycles. The number of aryl methyl sites for hydroxylation is 1. The van der Waals surface area contributed by atoms with Crippen LogP contribution in [0.3, 0.4) is 0 Å². The number of rotatable bonds is 3. The average molecular weight is 348 g/mol.